The average molecular weight is 487 g/mol. The summed E-state index contributed by atoms with van der Waals surface area (Å²) in [5, 5.41) is 22.4. The number of rotatable bonds is 3. The molecule has 1 amide bonds. The highest BCUT2D eigenvalue weighted by Crippen LogP contribution is 2.45. The SMILES string of the molecule is C=CC(=O)N1CCN(c2c(C#N)cnc3c(F)c(-c4c(O)ccc5ccccc45)c(Cl)cc23)CC1. The number of fused-ring (bicyclic) bond motifs is 2. The summed E-state index contributed by atoms with van der Waals surface area (Å²) in [5.41, 5.74) is 1.21. The lowest BCUT2D eigenvalue weighted by molar-refractivity contribution is -0.126. The van der Waals surface area contributed by atoms with Crippen molar-refractivity contribution in [3.05, 3.63) is 77.7 Å². The third-order valence-electron chi connectivity index (χ3n) is 6.39. The van der Waals surface area contributed by atoms with Gasteiger partial charge in [0.05, 0.1) is 16.3 Å². The maximum atomic E-state index is 16.1. The van der Waals surface area contributed by atoms with Crippen molar-refractivity contribution in [2.45, 2.75) is 0 Å². The van der Waals surface area contributed by atoms with Gasteiger partial charge in [0.25, 0.3) is 0 Å². The largest absolute Gasteiger partial charge is 0.507 e. The Kier molecular flexibility index (Phi) is 5.75. The van der Waals surface area contributed by atoms with Crippen molar-refractivity contribution in [3.63, 3.8) is 0 Å². The molecule has 4 aromatic rings. The molecule has 1 saturated heterocycles. The molecule has 0 spiro atoms. The first kappa shape index (κ1) is 22.6. The van der Waals surface area contributed by atoms with Crippen LogP contribution < -0.4 is 4.90 Å². The fourth-order valence-electron chi connectivity index (χ4n) is 4.70. The summed E-state index contributed by atoms with van der Waals surface area (Å²) in [6, 6.07) is 14.4. The molecule has 2 heterocycles. The molecule has 8 heteroatoms. The van der Waals surface area contributed by atoms with Crippen LogP contribution in [0, 0.1) is 17.1 Å². The van der Waals surface area contributed by atoms with Crippen LogP contribution in [0.5, 0.6) is 5.75 Å². The maximum absolute atomic E-state index is 16.1. The number of aromatic nitrogens is 1. The molecule has 0 saturated carbocycles. The van der Waals surface area contributed by atoms with Gasteiger partial charge in [0.1, 0.15) is 17.3 Å². The number of amides is 1. The number of nitrogens with zero attached hydrogens (tertiary/aromatic N) is 4. The number of carbonyl (C=O) groups is 1. The van der Waals surface area contributed by atoms with E-state index in [-0.39, 0.29) is 38.9 Å². The van der Waals surface area contributed by atoms with Gasteiger partial charge >= 0.3 is 0 Å². The zero-order chi connectivity index (χ0) is 24.7. The first-order valence-corrected chi connectivity index (χ1v) is 11.4. The van der Waals surface area contributed by atoms with Crippen molar-refractivity contribution in [1.29, 1.82) is 5.26 Å². The van der Waals surface area contributed by atoms with Crippen LogP contribution in [0.15, 0.2) is 61.3 Å². The highest BCUT2D eigenvalue weighted by Gasteiger charge is 2.27. The average Bonchev–Trinajstić information content (AvgIpc) is 2.88. The van der Waals surface area contributed by atoms with E-state index in [4.69, 9.17) is 11.6 Å². The van der Waals surface area contributed by atoms with Gasteiger partial charge in [0.2, 0.25) is 5.91 Å². The second-order valence-corrected chi connectivity index (χ2v) is 8.68. The number of benzene rings is 3. The molecule has 0 atom stereocenters. The molecule has 1 N–H and O–H groups in total. The summed E-state index contributed by atoms with van der Waals surface area (Å²) in [5.74, 6) is -0.926. The van der Waals surface area contributed by atoms with Gasteiger partial charge in [0, 0.05) is 48.9 Å². The second kappa shape index (κ2) is 8.90. The molecule has 1 fully saturated rings. The van der Waals surface area contributed by atoms with E-state index < -0.39 is 5.82 Å². The fourth-order valence-corrected chi connectivity index (χ4v) is 4.99. The Balaban J connectivity index is 1.70. The number of hydrogen-bond donors (Lipinski definition) is 1. The Morgan fingerprint density at radius 3 is 2.60 bits per heavy atom. The smallest absolute Gasteiger partial charge is 0.246 e. The Labute approximate surface area is 206 Å². The number of phenols is 1. The zero-order valence-corrected chi connectivity index (χ0v) is 19.4. The summed E-state index contributed by atoms with van der Waals surface area (Å²) >= 11 is 6.66. The number of pyridine rings is 1. The molecule has 3 aromatic carbocycles. The fraction of sp³-hybridized carbons (Fsp3) is 0.148. The standard InChI is InChI=1S/C27H20ClFN4O2/c1-2-22(35)32-9-11-33(12-10-32)27-17(14-30)15-31-26-19(27)13-20(28)24(25(26)29)23-18-6-4-3-5-16(18)7-8-21(23)34/h2-8,13,15,34H,1,9-12H2. The lowest BCUT2D eigenvalue weighted by Crippen LogP contribution is -2.48. The molecule has 0 bridgehead atoms. The number of anilines is 1. The molecule has 5 rings (SSSR count). The summed E-state index contributed by atoms with van der Waals surface area (Å²) in [6.45, 7) is 5.33. The van der Waals surface area contributed by atoms with Crippen LogP contribution in [0.3, 0.4) is 0 Å². The molecule has 35 heavy (non-hydrogen) atoms. The normalized spacial score (nSPS) is 13.7. The molecule has 0 unspecified atom stereocenters. The van der Waals surface area contributed by atoms with E-state index in [1.54, 1.807) is 23.1 Å². The highest BCUT2D eigenvalue weighted by atomic mass is 35.5. The lowest BCUT2D eigenvalue weighted by atomic mass is 9.95. The number of hydrogen-bond acceptors (Lipinski definition) is 5. The Morgan fingerprint density at radius 2 is 1.89 bits per heavy atom. The monoisotopic (exact) mass is 486 g/mol. The van der Waals surface area contributed by atoms with Crippen LogP contribution in [0.4, 0.5) is 10.1 Å². The molecule has 0 aliphatic carbocycles. The van der Waals surface area contributed by atoms with Crippen molar-refractivity contribution < 1.29 is 14.3 Å². The first-order chi connectivity index (χ1) is 16.9. The van der Waals surface area contributed by atoms with Crippen molar-refractivity contribution in [2.24, 2.45) is 0 Å². The maximum Gasteiger partial charge on any atom is 0.246 e. The number of carbonyl (C=O) groups excluding carboxylic acids is 1. The van der Waals surface area contributed by atoms with Gasteiger partial charge in [-0.3, -0.25) is 9.78 Å². The van der Waals surface area contributed by atoms with Crippen LogP contribution in [0.2, 0.25) is 5.02 Å². The quantitative estimate of drug-likeness (QED) is 0.399. The van der Waals surface area contributed by atoms with Crippen LogP contribution in [0.1, 0.15) is 5.56 Å². The van der Waals surface area contributed by atoms with E-state index >= 15 is 4.39 Å². The zero-order valence-electron chi connectivity index (χ0n) is 18.6. The van der Waals surface area contributed by atoms with Crippen LogP contribution in [-0.2, 0) is 4.79 Å². The van der Waals surface area contributed by atoms with E-state index in [0.717, 1.165) is 5.39 Å². The minimum absolute atomic E-state index is 0.0512. The Hall–Kier alpha value is -4.15. The number of halogens is 2. The van der Waals surface area contributed by atoms with Crippen LogP contribution in [0.25, 0.3) is 32.8 Å². The molecule has 1 aliphatic rings. The summed E-state index contributed by atoms with van der Waals surface area (Å²) in [4.78, 5) is 19.8. The van der Waals surface area contributed by atoms with E-state index in [9.17, 15) is 15.2 Å². The van der Waals surface area contributed by atoms with Gasteiger partial charge in [0.15, 0.2) is 5.82 Å². The topological polar surface area (TPSA) is 80.5 Å². The predicted octanol–water partition coefficient (Wildman–Crippen LogP) is 5.26. The number of nitriles is 1. The molecule has 1 aromatic heterocycles. The molecule has 1 aliphatic heterocycles. The van der Waals surface area contributed by atoms with Gasteiger partial charge in [-0.15, -0.1) is 0 Å². The van der Waals surface area contributed by atoms with Crippen molar-refractivity contribution in [1.82, 2.24) is 9.88 Å². The van der Waals surface area contributed by atoms with Gasteiger partial charge in [-0.05, 0) is 29.0 Å². The Bertz CT molecular complexity index is 1560. The van der Waals surface area contributed by atoms with Gasteiger partial charge < -0.3 is 14.9 Å². The molecular weight excluding hydrogens is 467 g/mol. The molecule has 0 radical (unpaired) electrons. The van der Waals surface area contributed by atoms with Gasteiger partial charge in [-0.25, -0.2) is 4.39 Å². The Morgan fingerprint density at radius 1 is 1.14 bits per heavy atom. The van der Waals surface area contributed by atoms with E-state index in [2.05, 4.69) is 17.6 Å². The van der Waals surface area contributed by atoms with Crippen molar-refractivity contribution in [3.8, 4) is 22.9 Å². The minimum Gasteiger partial charge on any atom is -0.507 e. The number of piperazine rings is 1. The molecule has 174 valence electrons. The minimum atomic E-state index is -0.676. The second-order valence-electron chi connectivity index (χ2n) is 8.27. The van der Waals surface area contributed by atoms with Crippen molar-refractivity contribution in [2.75, 3.05) is 31.1 Å². The van der Waals surface area contributed by atoms with Crippen molar-refractivity contribution >= 4 is 44.9 Å². The third kappa shape index (κ3) is 3.72. The van der Waals surface area contributed by atoms with E-state index in [1.165, 1.54) is 18.3 Å². The lowest BCUT2D eigenvalue weighted by Gasteiger charge is -2.36. The third-order valence-corrected chi connectivity index (χ3v) is 6.68. The summed E-state index contributed by atoms with van der Waals surface area (Å²) < 4.78 is 16.1. The highest BCUT2D eigenvalue weighted by molar-refractivity contribution is 6.35. The predicted molar refractivity (Wildman–Crippen MR) is 135 cm³/mol. The summed E-state index contributed by atoms with van der Waals surface area (Å²) in [6.07, 6.45) is 2.63. The molecule has 6 nitrogen and oxygen atoms in total. The van der Waals surface area contributed by atoms with E-state index in [0.29, 0.717) is 42.6 Å². The molecular formula is C27H20ClFN4O2. The first-order valence-electron chi connectivity index (χ1n) is 11.0. The van der Waals surface area contributed by atoms with Crippen LogP contribution >= 0.6 is 11.6 Å². The van der Waals surface area contributed by atoms with Crippen LogP contribution in [-0.4, -0.2) is 47.1 Å². The van der Waals surface area contributed by atoms with E-state index in [1.807, 2.05) is 23.1 Å². The number of phenolic OH excluding ortho intramolecular Hbond substituents is 1. The van der Waals surface area contributed by atoms with Gasteiger partial charge in [-0.1, -0.05) is 48.5 Å². The number of aromatic hydroxyl groups is 1. The van der Waals surface area contributed by atoms with Gasteiger partial charge in [-0.2, -0.15) is 5.26 Å². The summed E-state index contributed by atoms with van der Waals surface area (Å²) in [7, 11) is 0.